The third kappa shape index (κ3) is 3.41. The van der Waals surface area contributed by atoms with Gasteiger partial charge in [0, 0.05) is 6.04 Å². The van der Waals surface area contributed by atoms with Crippen molar-refractivity contribution in [2.45, 2.75) is 51.6 Å². The molecule has 0 radical (unpaired) electrons. The van der Waals surface area contributed by atoms with Crippen molar-refractivity contribution >= 4 is 17.7 Å². The van der Waals surface area contributed by atoms with Gasteiger partial charge in [-0.1, -0.05) is 13.3 Å². The Morgan fingerprint density at radius 3 is 3.11 bits per heavy atom. The van der Waals surface area contributed by atoms with Crippen molar-refractivity contribution in [2.24, 2.45) is 11.8 Å². The summed E-state index contributed by atoms with van der Waals surface area (Å²) in [4.78, 5) is 12.3. The second-order valence-corrected chi connectivity index (χ2v) is 7.03. The van der Waals surface area contributed by atoms with Crippen molar-refractivity contribution < 1.29 is 4.79 Å². The number of amides is 1. The molecule has 1 saturated carbocycles. The molecule has 0 aromatic carbocycles. The lowest BCUT2D eigenvalue weighted by molar-refractivity contribution is -0.124. The monoisotopic (exact) mass is 270 g/mol. The molecular formula is C14H26N2OS. The first-order valence-corrected chi connectivity index (χ1v) is 8.49. The molecule has 104 valence electrons. The second kappa shape index (κ2) is 6.80. The highest BCUT2D eigenvalue weighted by Gasteiger charge is 2.42. The van der Waals surface area contributed by atoms with Crippen molar-refractivity contribution in [1.29, 1.82) is 0 Å². The molecule has 0 aromatic heterocycles. The summed E-state index contributed by atoms with van der Waals surface area (Å²) in [6, 6.07) is 0.387. The van der Waals surface area contributed by atoms with E-state index >= 15 is 0 Å². The average molecular weight is 270 g/mol. The maximum atomic E-state index is 12.3. The van der Waals surface area contributed by atoms with Crippen LogP contribution in [-0.4, -0.2) is 36.0 Å². The fourth-order valence-electron chi connectivity index (χ4n) is 3.28. The van der Waals surface area contributed by atoms with Crippen molar-refractivity contribution in [1.82, 2.24) is 10.6 Å². The summed E-state index contributed by atoms with van der Waals surface area (Å²) in [6.07, 6.45) is 4.93. The molecule has 1 amide bonds. The van der Waals surface area contributed by atoms with Crippen LogP contribution in [-0.2, 0) is 4.79 Å². The van der Waals surface area contributed by atoms with Gasteiger partial charge in [0.05, 0.1) is 6.04 Å². The van der Waals surface area contributed by atoms with E-state index in [2.05, 4.69) is 24.5 Å². The molecule has 2 rings (SSSR count). The van der Waals surface area contributed by atoms with Crippen molar-refractivity contribution in [3.8, 4) is 0 Å². The van der Waals surface area contributed by atoms with Gasteiger partial charge in [0.2, 0.25) is 5.91 Å². The first-order valence-electron chi connectivity index (χ1n) is 7.34. The summed E-state index contributed by atoms with van der Waals surface area (Å²) < 4.78 is 0. The standard InChI is InChI=1S/C14H26N2OS/c1-3-18-8-7-10(2)16-14(17)13-12-6-4-5-11(12)9-15-13/h10-13,15H,3-9H2,1-2H3,(H,16,17). The highest BCUT2D eigenvalue weighted by molar-refractivity contribution is 7.99. The Bertz CT molecular complexity index is 285. The minimum absolute atomic E-state index is 0.0822. The van der Waals surface area contributed by atoms with Gasteiger partial charge in [-0.3, -0.25) is 4.79 Å². The third-order valence-electron chi connectivity index (χ3n) is 4.32. The van der Waals surface area contributed by atoms with Gasteiger partial charge in [-0.2, -0.15) is 11.8 Å². The molecular weight excluding hydrogens is 244 g/mol. The fourth-order valence-corrected chi connectivity index (χ4v) is 4.09. The van der Waals surface area contributed by atoms with Crippen LogP contribution in [0.25, 0.3) is 0 Å². The Morgan fingerprint density at radius 1 is 1.50 bits per heavy atom. The Kier molecular flexibility index (Phi) is 5.37. The highest BCUT2D eigenvalue weighted by Crippen LogP contribution is 2.37. The first-order chi connectivity index (χ1) is 8.72. The van der Waals surface area contributed by atoms with E-state index in [4.69, 9.17) is 0 Å². The van der Waals surface area contributed by atoms with Gasteiger partial charge < -0.3 is 10.6 Å². The van der Waals surface area contributed by atoms with Gasteiger partial charge in [0.15, 0.2) is 0 Å². The third-order valence-corrected chi connectivity index (χ3v) is 5.25. The Balaban J connectivity index is 1.74. The van der Waals surface area contributed by atoms with Crippen LogP contribution < -0.4 is 10.6 Å². The molecule has 2 fully saturated rings. The van der Waals surface area contributed by atoms with E-state index in [1.807, 2.05) is 11.8 Å². The molecule has 2 N–H and O–H groups in total. The molecule has 0 aromatic rings. The molecule has 1 heterocycles. The number of rotatable bonds is 6. The summed E-state index contributed by atoms with van der Waals surface area (Å²) in [6.45, 7) is 5.34. The predicted octanol–water partition coefficient (Wildman–Crippen LogP) is 2.02. The molecule has 2 aliphatic rings. The fraction of sp³-hybridized carbons (Fsp3) is 0.929. The number of carbonyl (C=O) groups is 1. The van der Waals surface area contributed by atoms with E-state index in [-0.39, 0.29) is 11.9 Å². The van der Waals surface area contributed by atoms with Gasteiger partial charge >= 0.3 is 0 Å². The topological polar surface area (TPSA) is 41.1 Å². The zero-order chi connectivity index (χ0) is 13.0. The molecule has 1 saturated heterocycles. The van der Waals surface area contributed by atoms with Crippen LogP contribution in [0.2, 0.25) is 0 Å². The number of thioether (sulfide) groups is 1. The van der Waals surface area contributed by atoms with Gasteiger partial charge in [0.1, 0.15) is 0 Å². The van der Waals surface area contributed by atoms with Crippen LogP contribution in [0.15, 0.2) is 0 Å². The predicted molar refractivity (Wildman–Crippen MR) is 77.8 cm³/mol. The molecule has 4 heteroatoms. The maximum absolute atomic E-state index is 12.3. The molecule has 18 heavy (non-hydrogen) atoms. The minimum Gasteiger partial charge on any atom is -0.352 e. The quantitative estimate of drug-likeness (QED) is 0.726. The van der Waals surface area contributed by atoms with Gasteiger partial charge in [0.25, 0.3) is 0 Å². The summed E-state index contributed by atoms with van der Waals surface area (Å²) in [5.41, 5.74) is 0. The molecule has 0 bridgehead atoms. The molecule has 1 aliphatic carbocycles. The normalized spacial score (nSPS) is 32.2. The van der Waals surface area contributed by atoms with Gasteiger partial charge in [-0.15, -0.1) is 0 Å². The molecule has 4 atom stereocenters. The SMILES string of the molecule is CCSCCC(C)NC(=O)C1NCC2CCCC21. The average Bonchev–Trinajstić information content (AvgIpc) is 2.90. The zero-order valence-corrected chi connectivity index (χ0v) is 12.4. The summed E-state index contributed by atoms with van der Waals surface area (Å²) >= 11 is 1.94. The number of hydrogen-bond acceptors (Lipinski definition) is 3. The first kappa shape index (κ1) is 14.2. The summed E-state index contributed by atoms with van der Waals surface area (Å²) in [5, 5.41) is 6.59. The maximum Gasteiger partial charge on any atom is 0.237 e. The van der Waals surface area contributed by atoms with Crippen LogP contribution in [0.4, 0.5) is 0 Å². The molecule has 3 nitrogen and oxygen atoms in total. The summed E-state index contributed by atoms with van der Waals surface area (Å²) in [7, 11) is 0. The van der Waals surface area contributed by atoms with Crippen LogP contribution in [0.3, 0.4) is 0 Å². The number of hydrogen-bond donors (Lipinski definition) is 2. The second-order valence-electron chi connectivity index (χ2n) is 5.64. The van der Waals surface area contributed by atoms with Crippen molar-refractivity contribution in [3.63, 3.8) is 0 Å². The summed E-state index contributed by atoms with van der Waals surface area (Å²) in [5.74, 6) is 3.89. The Labute approximate surface area is 115 Å². The van der Waals surface area contributed by atoms with E-state index in [9.17, 15) is 4.79 Å². The van der Waals surface area contributed by atoms with Crippen molar-refractivity contribution in [2.75, 3.05) is 18.1 Å². The highest BCUT2D eigenvalue weighted by atomic mass is 32.2. The molecule has 4 unspecified atom stereocenters. The van der Waals surface area contributed by atoms with Crippen LogP contribution in [0.5, 0.6) is 0 Å². The number of carbonyl (C=O) groups excluding carboxylic acids is 1. The van der Waals surface area contributed by atoms with Crippen LogP contribution in [0.1, 0.15) is 39.5 Å². The lowest BCUT2D eigenvalue weighted by Crippen LogP contribution is -2.47. The lowest BCUT2D eigenvalue weighted by Gasteiger charge is -2.21. The van der Waals surface area contributed by atoms with Crippen molar-refractivity contribution in [3.05, 3.63) is 0 Å². The van der Waals surface area contributed by atoms with Gasteiger partial charge in [-0.25, -0.2) is 0 Å². The largest absolute Gasteiger partial charge is 0.352 e. The van der Waals surface area contributed by atoms with E-state index in [1.54, 1.807) is 0 Å². The van der Waals surface area contributed by atoms with E-state index < -0.39 is 0 Å². The smallest absolute Gasteiger partial charge is 0.237 e. The number of fused-ring (bicyclic) bond motifs is 1. The Hall–Kier alpha value is -0.220. The van der Waals surface area contributed by atoms with Gasteiger partial charge in [-0.05, 0) is 56.1 Å². The van der Waals surface area contributed by atoms with E-state index in [0.717, 1.165) is 30.4 Å². The lowest BCUT2D eigenvalue weighted by atomic mass is 9.93. The minimum atomic E-state index is 0.0822. The van der Waals surface area contributed by atoms with E-state index in [1.165, 1.54) is 19.3 Å². The Morgan fingerprint density at radius 2 is 2.33 bits per heavy atom. The van der Waals surface area contributed by atoms with Crippen LogP contribution in [0, 0.1) is 11.8 Å². The molecule has 1 aliphatic heterocycles. The van der Waals surface area contributed by atoms with E-state index in [0.29, 0.717) is 12.0 Å². The van der Waals surface area contributed by atoms with Crippen LogP contribution >= 0.6 is 11.8 Å². The molecule has 0 spiro atoms. The zero-order valence-electron chi connectivity index (χ0n) is 11.6. The number of nitrogens with one attached hydrogen (secondary N) is 2.